The number of halogens is 5. The van der Waals surface area contributed by atoms with Crippen LogP contribution in [0.15, 0.2) is 60.9 Å². The van der Waals surface area contributed by atoms with Gasteiger partial charge in [0, 0.05) is 35.9 Å². The molecule has 0 radical (unpaired) electrons. The molecule has 2 aromatic heterocycles. The number of aromatic nitrogens is 2. The second-order valence-electron chi connectivity index (χ2n) is 8.47. The quantitative estimate of drug-likeness (QED) is 0.342. The van der Waals surface area contributed by atoms with Gasteiger partial charge in [-0.05, 0) is 68.8 Å². The molecule has 0 aliphatic heterocycles. The van der Waals surface area contributed by atoms with E-state index in [1.165, 1.54) is 24.5 Å². The van der Waals surface area contributed by atoms with Crippen molar-refractivity contribution in [3.63, 3.8) is 0 Å². The van der Waals surface area contributed by atoms with Gasteiger partial charge < -0.3 is 4.55 Å². The summed E-state index contributed by atoms with van der Waals surface area (Å²) in [6.07, 6.45) is -1.98. The summed E-state index contributed by atoms with van der Waals surface area (Å²) in [6.45, 7) is 5.14. The SMILES string of the molecule is CC(C)(C)[S@+]([O-])N[C@@](Cc1ccccn1)(c1cc(F)cc(C(F)(F)F)c1)c1ccc(Cl)cn1. The highest BCUT2D eigenvalue weighted by atomic mass is 35.5. The van der Waals surface area contributed by atoms with Gasteiger partial charge in [-0.15, -0.1) is 4.72 Å². The van der Waals surface area contributed by atoms with Gasteiger partial charge in [0.05, 0.1) is 16.3 Å². The van der Waals surface area contributed by atoms with Gasteiger partial charge in [-0.3, -0.25) is 9.97 Å². The summed E-state index contributed by atoms with van der Waals surface area (Å²) < 4.78 is 70.7. The minimum absolute atomic E-state index is 0.0506. The molecular formula is C23H22ClF4N3OS. The van der Waals surface area contributed by atoms with Gasteiger partial charge in [-0.1, -0.05) is 17.7 Å². The number of pyridine rings is 2. The maximum Gasteiger partial charge on any atom is 0.416 e. The van der Waals surface area contributed by atoms with Crippen LogP contribution in [-0.2, 0) is 29.5 Å². The predicted molar refractivity (Wildman–Crippen MR) is 120 cm³/mol. The van der Waals surface area contributed by atoms with Crippen molar-refractivity contribution < 1.29 is 22.1 Å². The fraction of sp³-hybridized carbons (Fsp3) is 0.304. The molecule has 0 bridgehead atoms. The lowest BCUT2D eigenvalue weighted by Gasteiger charge is -2.37. The van der Waals surface area contributed by atoms with Crippen LogP contribution in [0.25, 0.3) is 0 Å². The van der Waals surface area contributed by atoms with Crippen molar-refractivity contribution in [3.05, 3.63) is 94.3 Å². The van der Waals surface area contributed by atoms with Crippen LogP contribution in [0.2, 0.25) is 5.02 Å². The Morgan fingerprint density at radius 3 is 2.24 bits per heavy atom. The summed E-state index contributed by atoms with van der Waals surface area (Å²) in [6, 6.07) is 10.4. The van der Waals surface area contributed by atoms with Gasteiger partial charge in [0.15, 0.2) is 0 Å². The van der Waals surface area contributed by atoms with Gasteiger partial charge >= 0.3 is 6.18 Å². The summed E-state index contributed by atoms with van der Waals surface area (Å²) in [5.41, 5.74) is -2.17. The average molecular weight is 500 g/mol. The molecule has 2 atom stereocenters. The van der Waals surface area contributed by atoms with Crippen molar-refractivity contribution in [1.29, 1.82) is 0 Å². The molecule has 0 unspecified atom stereocenters. The highest BCUT2D eigenvalue weighted by Gasteiger charge is 2.45. The van der Waals surface area contributed by atoms with E-state index in [-0.39, 0.29) is 17.7 Å². The van der Waals surface area contributed by atoms with Gasteiger partial charge in [-0.25, -0.2) is 4.39 Å². The zero-order chi connectivity index (χ0) is 24.4. The third-order valence-electron chi connectivity index (χ3n) is 4.88. The smallest absolute Gasteiger partial charge is 0.416 e. The van der Waals surface area contributed by atoms with Crippen molar-refractivity contribution in [1.82, 2.24) is 14.7 Å². The van der Waals surface area contributed by atoms with E-state index in [0.29, 0.717) is 16.8 Å². The topological polar surface area (TPSA) is 60.9 Å². The molecule has 2 heterocycles. The Balaban J connectivity index is 2.33. The zero-order valence-electron chi connectivity index (χ0n) is 18.1. The lowest BCUT2D eigenvalue weighted by atomic mass is 9.82. The molecule has 10 heteroatoms. The van der Waals surface area contributed by atoms with Crippen molar-refractivity contribution in [2.75, 3.05) is 0 Å². The number of benzene rings is 1. The lowest BCUT2D eigenvalue weighted by molar-refractivity contribution is -0.137. The number of nitrogens with one attached hydrogen (secondary N) is 1. The highest BCUT2D eigenvalue weighted by Crippen LogP contribution is 2.39. The predicted octanol–water partition coefficient (Wildman–Crippen LogP) is 5.83. The summed E-state index contributed by atoms with van der Waals surface area (Å²) in [5, 5.41) is 0.303. The first-order valence-corrected chi connectivity index (χ1v) is 11.4. The number of alkyl halides is 3. The molecule has 176 valence electrons. The van der Waals surface area contributed by atoms with E-state index >= 15 is 0 Å². The first kappa shape index (κ1) is 25.4. The molecule has 1 aromatic carbocycles. The average Bonchev–Trinajstić information content (AvgIpc) is 2.72. The van der Waals surface area contributed by atoms with Gasteiger partial charge in [0.25, 0.3) is 0 Å². The first-order valence-electron chi connectivity index (χ1n) is 9.91. The molecule has 0 aliphatic carbocycles. The molecule has 4 nitrogen and oxygen atoms in total. The molecule has 33 heavy (non-hydrogen) atoms. The van der Waals surface area contributed by atoms with Crippen LogP contribution < -0.4 is 4.72 Å². The largest absolute Gasteiger partial charge is 0.598 e. The van der Waals surface area contributed by atoms with Crippen LogP contribution in [0, 0.1) is 5.82 Å². The second kappa shape index (κ2) is 9.58. The van der Waals surface area contributed by atoms with Gasteiger partial charge in [0.2, 0.25) is 0 Å². The van der Waals surface area contributed by atoms with E-state index in [0.717, 1.165) is 12.1 Å². The maximum atomic E-state index is 14.5. The van der Waals surface area contributed by atoms with Gasteiger partial charge in [-0.2, -0.15) is 13.2 Å². The molecule has 1 N–H and O–H groups in total. The van der Waals surface area contributed by atoms with Crippen LogP contribution in [0.3, 0.4) is 0 Å². The standard InChI is InChI=1S/C23H22ClF4N3OS/c1-21(2,3)33(32)31-22(13-19-6-4-5-9-29-19,20-8-7-17(24)14-30-20)15-10-16(23(26,27)28)12-18(25)11-15/h4-12,14,31H,13H2,1-3H3/t22-,33-/m0/s1. The lowest BCUT2D eigenvalue weighted by Crippen LogP contribution is -2.54. The van der Waals surface area contributed by atoms with E-state index in [1.807, 2.05) is 0 Å². The van der Waals surface area contributed by atoms with Crippen LogP contribution >= 0.6 is 11.6 Å². The minimum atomic E-state index is -4.79. The van der Waals surface area contributed by atoms with Crippen molar-refractivity contribution in [2.24, 2.45) is 0 Å². The molecule has 0 saturated carbocycles. The Kier molecular flexibility index (Phi) is 7.38. The Hall–Kier alpha value is -2.20. The van der Waals surface area contributed by atoms with E-state index in [4.69, 9.17) is 11.6 Å². The number of nitrogens with zero attached hydrogens (tertiary/aromatic N) is 2. The van der Waals surface area contributed by atoms with E-state index in [9.17, 15) is 22.1 Å². The van der Waals surface area contributed by atoms with E-state index in [2.05, 4.69) is 14.7 Å². The number of hydrogen-bond donors (Lipinski definition) is 1. The van der Waals surface area contributed by atoms with Crippen LogP contribution in [0.1, 0.15) is 43.3 Å². The molecular weight excluding hydrogens is 478 g/mol. The summed E-state index contributed by atoms with van der Waals surface area (Å²) in [4.78, 5) is 8.61. The second-order valence-corrected chi connectivity index (χ2v) is 10.9. The maximum absolute atomic E-state index is 14.5. The third kappa shape index (κ3) is 6.03. The molecule has 0 saturated heterocycles. The first-order chi connectivity index (χ1) is 15.3. The van der Waals surface area contributed by atoms with E-state index in [1.54, 1.807) is 39.0 Å². The number of rotatable bonds is 6. The fourth-order valence-electron chi connectivity index (χ4n) is 3.20. The Morgan fingerprint density at radius 2 is 1.70 bits per heavy atom. The number of hydrogen-bond acceptors (Lipinski definition) is 4. The fourth-order valence-corrected chi connectivity index (χ4v) is 4.23. The molecule has 0 spiro atoms. The van der Waals surface area contributed by atoms with Crippen molar-refractivity contribution in [2.45, 2.75) is 43.7 Å². The van der Waals surface area contributed by atoms with Crippen molar-refractivity contribution >= 4 is 23.0 Å². The van der Waals surface area contributed by atoms with E-state index < -0.39 is 39.2 Å². The Morgan fingerprint density at radius 1 is 1.00 bits per heavy atom. The molecule has 3 rings (SSSR count). The van der Waals surface area contributed by atoms with Gasteiger partial charge in [0.1, 0.15) is 16.1 Å². The zero-order valence-corrected chi connectivity index (χ0v) is 19.7. The van der Waals surface area contributed by atoms with Crippen molar-refractivity contribution in [3.8, 4) is 0 Å². The normalized spacial score (nSPS) is 15.2. The van der Waals surface area contributed by atoms with Crippen LogP contribution in [-0.4, -0.2) is 19.3 Å². The molecule has 0 amide bonds. The third-order valence-corrected chi connectivity index (χ3v) is 6.75. The minimum Gasteiger partial charge on any atom is -0.598 e. The Labute approximate surface area is 197 Å². The highest BCUT2D eigenvalue weighted by molar-refractivity contribution is 7.90. The summed E-state index contributed by atoms with van der Waals surface area (Å²) in [7, 11) is 0. The van der Waals surface area contributed by atoms with Crippen LogP contribution in [0.4, 0.5) is 17.6 Å². The summed E-state index contributed by atoms with van der Waals surface area (Å²) >= 11 is 4.22. The molecule has 0 aliphatic rings. The summed E-state index contributed by atoms with van der Waals surface area (Å²) in [5.74, 6) is -1.08. The monoisotopic (exact) mass is 499 g/mol. The molecule has 0 fully saturated rings. The van der Waals surface area contributed by atoms with Crippen LogP contribution in [0.5, 0.6) is 0 Å². The Bertz CT molecular complexity index is 1090. The molecule has 3 aromatic rings.